The molecule has 0 saturated heterocycles. The molecule has 4 radical (unpaired) electrons. The van der Waals surface area contributed by atoms with E-state index in [4.69, 9.17) is 40.9 Å². The molecule has 0 aliphatic heterocycles. The fraction of sp³-hybridized carbons (Fsp3) is 0.179. The maximum Gasteiger partial charge on any atom is 3.00 e. The van der Waals surface area contributed by atoms with Crippen molar-refractivity contribution in [2.24, 2.45) is 39.9 Å². The Labute approximate surface area is 939 Å². The van der Waals surface area contributed by atoms with Crippen LogP contribution in [0.2, 0.25) is 0 Å². The van der Waals surface area contributed by atoms with Gasteiger partial charge in [-0.1, -0.05) is 340 Å². The molecule has 6 N–H and O–H groups in total. The zero-order chi connectivity index (χ0) is 108. The molecule has 0 aliphatic rings. The van der Waals surface area contributed by atoms with E-state index in [-0.39, 0.29) is 146 Å². The summed E-state index contributed by atoms with van der Waals surface area (Å²) in [5.74, 6) is -4.86. The molecule has 12 rings (SSSR count). The molecule has 0 bridgehead atoms. The number of aliphatic hydroxyl groups excluding tert-OH is 6. The molecule has 32 nitrogen and oxygen atoms in total. The van der Waals surface area contributed by atoms with Crippen LogP contribution in [0, 0.1) is 0 Å². The molecule has 0 fully saturated rings. The van der Waals surface area contributed by atoms with Crippen molar-refractivity contribution in [1.29, 1.82) is 0 Å². The third kappa shape index (κ3) is 86.0. The zero-order valence-corrected chi connectivity index (χ0v) is 89.7. The Bertz CT molecular complexity index is 4780. The Morgan fingerprint density at radius 1 is 0.200 bits per heavy atom. The van der Waals surface area contributed by atoms with Crippen LogP contribution in [-0.2, 0) is 119 Å². The molecule has 150 heavy (non-hydrogen) atoms. The molecule has 0 heterocycles. The van der Waals surface area contributed by atoms with Crippen LogP contribution >= 0.6 is 0 Å². The molecular formula is C112H122Mn2N8Ni4O24. The first-order valence-corrected chi connectivity index (χ1v) is 43.6. The van der Waals surface area contributed by atoms with Gasteiger partial charge in [0.25, 0.3) is 0 Å². The predicted octanol–water partition coefficient (Wildman–Crippen LogP) is 4.44. The SMILES string of the molecule is CO.CO.CO.CO.CO.CO.C[O-].C[O-].O=C([O-])/C=C/c1ccccc1.O=C([O-])/C=C/c1ccccc1.O=C([O-])/C=C/c1ccccc1.O=C([O-])/C=C/c1ccccc1.[Mn+2].[Mn+2].[Ni+2].[Ni+2].[Ni+3].[Ni+3].[O-]c1ccccc1C=NCCCN=Cc1ccccc1[O-].[O-]c1ccccc1C=NCCCN=Cc1ccccc1[O-].[O-]c1ccccc1C=NCCCN=Cc1ccccc1[O-].[O-]c1ccccc1C=NCCCN=Cc1ccccc1[O-]. The molecule has 0 aliphatic carbocycles. The number of carboxylic acid groups (broad SMARTS) is 4. The molecule has 0 saturated carbocycles. The number of benzene rings is 12. The van der Waals surface area contributed by atoms with Crippen LogP contribution in [0.5, 0.6) is 46.0 Å². The van der Waals surface area contributed by atoms with Crippen molar-refractivity contribution in [2.75, 3.05) is 109 Å². The number of rotatable bonds is 32. The Hall–Kier alpha value is -14.1. The van der Waals surface area contributed by atoms with Crippen LogP contribution < -0.4 is 71.5 Å². The minimum absolute atomic E-state index is 0. The second-order valence-electron chi connectivity index (χ2n) is 26.3. The fourth-order valence-electron chi connectivity index (χ4n) is 9.93. The van der Waals surface area contributed by atoms with Gasteiger partial charge in [-0.3, -0.25) is 39.9 Å². The summed E-state index contributed by atoms with van der Waals surface area (Å²) in [5.41, 5.74) is 8.22. The van der Waals surface area contributed by atoms with Gasteiger partial charge in [0.2, 0.25) is 0 Å². The monoisotopic (exact) mass is 2300 g/mol. The summed E-state index contributed by atoms with van der Waals surface area (Å²) in [6.07, 6.45) is 25.9. The number of nitrogens with zero attached hydrogens (tertiary/aromatic N) is 8. The number of carboxylic acids is 4. The van der Waals surface area contributed by atoms with Crippen LogP contribution in [0.15, 0.2) is 380 Å². The first-order chi connectivity index (χ1) is 70.2. The second-order valence-corrected chi connectivity index (χ2v) is 26.3. The fourth-order valence-corrected chi connectivity index (χ4v) is 9.93. The summed E-state index contributed by atoms with van der Waals surface area (Å²) >= 11 is 0. The number of aliphatic carboxylic acids is 4. The average molecular weight is 2310 g/mol. The summed E-state index contributed by atoms with van der Waals surface area (Å²) < 4.78 is 0. The largest absolute Gasteiger partial charge is 3.00 e. The summed E-state index contributed by atoms with van der Waals surface area (Å²) in [5, 5.41) is 190. The summed E-state index contributed by atoms with van der Waals surface area (Å²) in [4.78, 5) is 73.5. The topological polar surface area (TPSA) is 611 Å². The number of hydrogen-bond acceptors (Lipinski definition) is 32. The van der Waals surface area contributed by atoms with Crippen molar-refractivity contribution in [2.45, 2.75) is 25.7 Å². The third-order valence-corrected chi connectivity index (χ3v) is 16.3. The van der Waals surface area contributed by atoms with Crippen LogP contribution in [0.3, 0.4) is 0 Å². The zero-order valence-electron chi connectivity index (χ0n) is 83.4. The maximum absolute atomic E-state index is 11.4. The standard InChI is InChI=1S/4C17H18N2O2.4C9H8O2.6CH4O.2CH3O.2Mn.4Ni/c4*20-16-8-3-1-6-14(16)12-18-10-5-11-19-13-15-7-2-4-9-17(15)21;4*10-9(11)7-6-8-4-2-1-3-5-8;8*1-2;;;;;;/h4*1-4,6-9,12-13,20-21H,5,10-11H2;4*1-7H,(H,10,11);6*2H,1H3;2*1H3;;;;;;/q;;;;;;;;;;;;;;2*-1;4*+2;2*+3/p-12/b;;;;4*7-6+;;;;;;;;;;;;;;. The molecule has 0 unspecified atom stereocenters. The normalized spacial score (nSPS) is 9.71. The first-order valence-electron chi connectivity index (χ1n) is 43.6. The van der Waals surface area contributed by atoms with E-state index in [1.807, 2.05) is 170 Å². The van der Waals surface area contributed by atoms with Crippen molar-refractivity contribution in [3.8, 4) is 46.0 Å². The number of hydrogen-bond donors (Lipinski definition) is 6. The quantitative estimate of drug-likeness (QED) is 0.0147. The van der Waals surface area contributed by atoms with Crippen LogP contribution in [0.1, 0.15) is 92.4 Å². The minimum Gasteiger partial charge on any atom is -0.872 e. The summed E-state index contributed by atoms with van der Waals surface area (Å²) in [6.45, 7) is 4.82. The van der Waals surface area contributed by atoms with Crippen LogP contribution in [0.25, 0.3) is 24.3 Å². The van der Waals surface area contributed by atoms with E-state index in [0.717, 1.165) is 129 Å². The molecule has 12 aromatic carbocycles. The van der Waals surface area contributed by atoms with Gasteiger partial charge in [0, 0.05) is 145 Å². The second kappa shape index (κ2) is 114. The molecule has 38 heteroatoms. The molecule has 0 spiro atoms. The first kappa shape index (κ1) is 156. The molecular weight excluding hydrogens is 2190 g/mol. The van der Waals surface area contributed by atoms with Gasteiger partial charge in [0.05, 0.1) is 23.9 Å². The number of para-hydroxylation sites is 8. The number of aliphatic hydroxyl groups is 6. The number of aliphatic imine (C=N–C) groups is 8. The van der Waals surface area contributed by atoms with Gasteiger partial charge in [0.15, 0.2) is 0 Å². The molecule has 808 valence electrons. The van der Waals surface area contributed by atoms with Crippen LogP contribution in [-0.4, -0.2) is 213 Å². The summed E-state index contributed by atoms with van der Waals surface area (Å²) in [6, 6.07) is 91.1. The van der Waals surface area contributed by atoms with E-state index in [9.17, 15) is 80.5 Å². The maximum atomic E-state index is 11.4. The van der Waals surface area contributed by atoms with Gasteiger partial charge >= 0.3 is 100 Å². The average Bonchev–Trinajstić information content (AvgIpc) is 0.927. The minimum atomic E-state index is -1.17. The van der Waals surface area contributed by atoms with Crippen molar-refractivity contribution in [1.82, 2.24) is 0 Å². The van der Waals surface area contributed by atoms with Gasteiger partial charge in [0.1, 0.15) is 0 Å². The van der Waals surface area contributed by atoms with E-state index in [1.54, 1.807) is 147 Å². The van der Waals surface area contributed by atoms with E-state index in [1.165, 1.54) is 72.8 Å². The molecule has 0 aromatic heterocycles. The van der Waals surface area contributed by atoms with E-state index in [2.05, 4.69) is 39.9 Å². The van der Waals surface area contributed by atoms with Gasteiger partial charge < -0.3 is 121 Å². The number of carbonyl (C=O) groups is 4. The van der Waals surface area contributed by atoms with Crippen molar-refractivity contribution >= 4 is 97.9 Å². The predicted molar refractivity (Wildman–Crippen MR) is 548 cm³/mol. The Morgan fingerprint density at radius 2 is 0.300 bits per heavy atom. The van der Waals surface area contributed by atoms with Gasteiger partial charge in [-0.05, 0) is 117 Å². The molecule has 0 atom stereocenters. The Kier molecular flexibility index (Phi) is 118. The van der Waals surface area contributed by atoms with Crippen molar-refractivity contribution in [3.63, 3.8) is 0 Å². The Morgan fingerprint density at radius 3 is 0.400 bits per heavy atom. The van der Waals surface area contributed by atoms with Gasteiger partial charge in [-0.15, -0.1) is 46.0 Å². The van der Waals surface area contributed by atoms with Crippen LogP contribution in [0.4, 0.5) is 0 Å². The smallest absolute Gasteiger partial charge is 0.872 e. The van der Waals surface area contributed by atoms with Gasteiger partial charge in [-0.25, -0.2) is 0 Å². The van der Waals surface area contributed by atoms with E-state index in [0.29, 0.717) is 96.9 Å². The third-order valence-electron chi connectivity index (χ3n) is 16.3. The van der Waals surface area contributed by atoms with E-state index < -0.39 is 23.9 Å². The van der Waals surface area contributed by atoms with E-state index >= 15 is 0 Å². The molecule has 12 aromatic rings. The van der Waals surface area contributed by atoms with Crippen molar-refractivity contribution < 1.29 is 221 Å². The Balaban J connectivity index is -0.000000184. The van der Waals surface area contributed by atoms with Crippen molar-refractivity contribution in [3.05, 3.63) is 407 Å². The summed E-state index contributed by atoms with van der Waals surface area (Å²) in [7, 11) is 7.50. The van der Waals surface area contributed by atoms with Gasteiger partial charge in [-0.2, -0.15) is 14.2 Å². The number of carbonyl (C=O) groups excluding carboxylic acids is 4. The molecule has 0 amide bonds.